The lowest BCUT2D eigenvalue weighted by Gasteiger charge is -2.35. The number of ether oxygens (including phenoxy) is 1. The minimum Gasteiger partial charge on any atom is -0.460 e. The summed E-state index contributed by atoms with van der Waals surface area (Å²) in [5.41, 5.74) is -0.789. The van der Waals surface area contributed by atoms with Gasteiger partial charge in [-0.1, -0.05) is 0 Å². The van der Waals surface area contributed by atoms with Crippen LogP contribution in [0.4, 0.5) is 8.78 Å². The zero-order valence-corrected chi connectivity index (χ0v) is 10.2. The predicted molar refractivity (Wildman–Crippen MR) is 57.7 cm³/mol. The van der Waals surface area contributed by atoms with Gasteiger partial charge in [-0.3, -0.25) is 10.1 Å². The number of hydrogen-bond acceptors (Lipinski definition) is 4. The first-order valence-electron chi connectivity index (χ1n) is 5.61. The van der Waals surface area contributed by atoms with Crippen LogP contribution in [0.1, 0.15) is 20.8 Å². The average Bonchev–Trinajstić information content (AvgIpc) is 2.15. The molecule has 0 aromatic rings. The van der Waals surface area contributed by atoms with Crippen LogP contribution < -0.4 is 5.32 Å². The molecule has 4 atom stereocenters. The molecular formula is C11H19F2NO3. The molecule has 0 bridgehead atoms. The van der Waals surface area contributed by atoms with E-state index in [-0.39, 0.29) is 6.54 Å². The number of aliphatic hydroxyl groups excluding tert-OH is 1. The number of alkyl halides is 2. The number of carbonyl (C=O) groups is 1. The molecule has 1 saturated heterocycles. The molecule has 0 aliphatic carbocycles. The Bertz CT molecular complexity index is 280. The normalized spacial score (nSPS) is 34.5. The summed E-state index contributed by atoms with van der Waals surface area (Å²) in [7, 11) is 0. The first kappa shape index (κ1) is 14.3. The zero-order chi connectivity index (χ0) is 13.2. The molecule has 4 nitrogen and oxygen atoms in total. The highest BCUT2D eigenvalue weighted by Crippen LogP contribution is 2.28. The van der Waals surface area contributed by atoms with Crippen molar-refractivity contribution in [2.45, 2.75) is 38.8 Å². The number of piperidine rings is 1. The quantitative estimate of drug-likeness (QED) is 0.563. The molecule has 0 radical (unpaired) electrons. The van der Waals surface area contributed by atoms with Gasteiger partial charge in [0.1, 0.15) is 17.7 Å². The number of nitrogens with one attached hydrogen (secondary N) is 1. The van der Waals surface area contributed by atoms with Crippen molar-refractivity contribution in [2.24, 2.45) is 11.8 Å². The van der Waals surface area contributed by atoms with Gasteiger partial charge in [-0.05, 0) is 20.8 Å². The Balaban J connectivity index is 2.75. The Kier molecular flexibility index (Phi) is 4.43. The molecule has 100 valence electrons. The molecule has 17 heavy (non-hydrogen) atoms. The van der Waals surface area contributed by atoms with E-state index in [9.17, 15) is 13.6 Å². The Morgan fingerprint density at radius 3 is 2.53 bits per heavy atom. The van der Waals surface area contributed by atoms with Crippen LogP contribution in [0, 0.1) is 11.8 Å². The van der Waals surface area contributed by atoms with Gasteiger partial charge in [0, 0.05) is 19.1 Å². The highest BCUT2D eigenvalue weighted by atomic mass is 19.1. The fourth-order valence-corrected chi connectivity index (χ4v) is 1.74. The largest absolute Gasteiger partial charge is 0.460 e. The maximum Gasteiger partial charge on any atom is 0.316 e. The maximum absolute atomic E-state index is 13.8. The summed E-state index contributed by atoms with van der Waals surface area (Å²) in [4.78, 5) is 11.7. The highest BCUT2D eigenvalue weighted by Gasteiger charge is 2.46. The van der Waals surface area contributed by atoms with E-state index in [2.05, 4.69) is 5.32 Å². The van der Waals surface area contributed by atoms with Gasteiger partial charge in [0.2, 0.25) is 0 Å². The third-order valence-corrected chi connectivity index (χ3v) is 2.60. The lowest BCUT2D eigenvalue weighted by molar-refractivity contribution is -0.170. The summed E-state index contributed by atoms with van der Waals surface area (Å²) in [6, 6.07) is 0. The molecule has 1 fully saturated rings. The second-order valence-corrected chi connectivity index (χ2v) is 5.26. The summed E-state index contributed by atoms with van der Waals surface area (Å²) < 4.78 is 32.3. The van der Waals surface area contributed by atoms with Crippen molar-refractivity contribution in [3.05, 3.63) is 0 Å². The van der Waals surface area contributed by atoms with Gasteiger partial charge < -0.3 is 9.84 Å². The van der Waals surface area contributed by atoms with E-state index in [1.54, 1.807) is 20.8 Å². The van der Waals surface area contributed by atoms with E-state index in [1.165, 1.54) is 0 Å². The van der Waals surface area contributed by atoms with E-state index >= 15 is 0 Å². The molecule has 0 aromatic heterocycles. The van der Waals surface area contributed by atoms with Gasteiger partial charge in [0.05, 0.1) is 0 Å². The fourth-order valence-electron chi connectivity index (χ4n) is 1.74. The third-order valence-electron chi connectivity index (χ3n) is 2.60. The van der Waals surface area contributed by atoms with Gasteiger partial charge in [-0.2, -0.15) is 0 Å². The first-order chi connectivity index (χ1) is 7.76. The smallest absolute Gasteiger partial charge is 0.316 e. The lowest BCUT2D eigenvalue weighted by atomic mass is 9.87. The van der Waals surface area contributed by atoms with Gasteiger partial charge in [-0.15, -0.1) is 0 Å². The van der Waals surface area contributed by atoms with Crippen LogP contribution in [-0.4, -0.2) is 42.3 Å². The van der Waals surface area contributed by atoms with Crippen LogP contribution in [0.25, 0.3) is 0 Å². The monoisotopic (exact) mass is 251 g/mol. The maximum atomic E-state index is 13.8. The summed E-state index contributed by atoms with van der Waals surface area (Å²) in [6.45, 7) is 4.47. The summed E-state index contributed by atoms with van der Waals surface area (Å²) >= 11 is 0. The van der Waals surface area contributed by atoms with Crippen LogP contribution in [0.2, 0.25) is 0 Å². The predicted octanol–water partition coefficient (Wildman–Crippen LogP) is 0.790. The molecule has 1 aliphatic rings. The van der Waals surface area contributed by atoms with E-state index in [1.807, 2.05) is 0 Å². The Morgan fingerprint density at radius 2 is 2.06 bits per heavy atom. The molecule has 6 heteroatoms. The minimum atomic E-state index is -1.78. The van der Waals surface area contributed by atoms with Crippen LogP contribution in [-0.2, 0) is 9.53 Å². The number of hydrogen-bond donors (Lipinski definition) is 2. The van der Waals surface area contributed by atoms with Crippen molar-refractivity contribution in [3.8, 4) is 0 Å². The van der Waals surface area contributed by atoms with Crippen LogP contribution in [0.5, 0.6) is 0 Å². The van der Waals surface area contributed by atoms with Gasteiger partial charge >= 0.3 is 5.97 Å². The lowest BCUT2D eigenvalue weighted by Crippen LogP contribution is -2.55. The Hall–Kier alpha value is -0.750. The number of halogens is 2. The fraction of sp³-hybridized carbons (Fsp3) is 0.909. The molecule has 1 heterocycles. The number of esters is 1. The minimum absolute atomic E-state index is 0.0120. The second-order valence-electron chi connectivity index (χ2n) is 5.26. The van der Waals surface area contributed by atoms with Crippen LogP contribution in [0.15, 0.2) is 0 Å². The molecule has 4 unspecified atom stereocenters. The third kappa shape index (κ3) is 3.61. The van der Waals surface area contributed by atoms with Crippen molar-refractivity contribution in [2.75, 3.05) is 13.2 Å². The molecule has 1 aliphatic heterocycles. The van der Waals surface area contributed by atoms with Crippen molar-refractivity contribution >= 4 is 5.97 Å². The van der Waals surface area contributed by atoms with Crippen molar-refractivity contribution in [1.82, 2.24) is 5.32 Å². The highest BCUT2D eigenvalue weighted by molar-refractivity contribution is 5.74. The molecular weight excluding hydrogens is 232 g/mol. The standard InChI is InChI=1S/C11H19F2NO3/c1-11(2,3)17-10(16)7-8(12)6(5-15)4-14-9(7)13/h6-9,14-15H,4-5H2,1-3H3. The van der Waals surface area contributed by atoms with Gasteiger partial charge in [0.25, 0.3) is 0 Å². The van der Waals surface area contributed by atoms with Crippen LogP contribution in [0.3, 0.4) is 0 Å². The average molecular weight is 251 g/mol. The van der Waals surface area contributed by atoms with E-state index < -0.39 is 42.5 Å². The molecule has 0 saturated carbocycles. The molecule has 2 N–H and O–H groups in total. The van der Waals surface area contributed by atoms with Gasteiger partial charge in [0.15, 0.2) is 6.30 Å². The van der Waals surface area contributed by atoms with Crippen LogP contribution >= 0.6 is 0 Å². The van der Waals surface area contributed by atoms with E-state index in [0.29, 0.717) is 0 Å². The number of rotatable bonds is 2. The summed E-state index contributed by atoms with van der Waals surface area (Å²) in [5, 5.41) is 11.3. The van der Waals surface area contributed by atoms with Crippen molar-refractivity contribution in [3.63, 3.8) is 0 Å². The molecule has 0 aromatic carbocycles. The molecule has 0 spiro atoms. The zero-order valence-electron chi connectivity index (χ0n) is 10.2. The summed E-state index contributed by atoms with van der Waals surface area (Å²) in [5.74, 6) is -3.21. The molecule has 0 amide bonds. The van der Waals surface area contributed by atoms with E-state index in [4.69, 9.17) is 9.84 Å². The second kappa shape index (κ2) is 5.27. The Morgan fingerprint density at radius 1 is 1.47 bits per heavy atom. The first-order valence-corrected chi connectivity index (χ1v) is 5.61. The van der Waals surface area contributed by atoms with Crippen molar-refractivity contribution < 1.29 is 23.4 Å². The van der Waals surface area contributed by atoms with Crippen molar-refractivity contribution in [1.29, 1.82) is 0 Å². The SMILES string of the molecule is CC(C)(C)OC(=O)C1C(F)NCC(CO)C1F. The molecule has 1 rings (SSSR count). The van der Waals surface area contributed by atoms with Gasteiger partial charge in [-0.25, -0.2) is 8.78 Å². The number of carbonyl (C=O) groups excluding carboxylic acids is 1. The Labute approximate surface area is 99.3 Å². The van der Waals surface area contributed by atoms with E-state index in [0.717, 1.165) is 0 Å². The number of aliphatic hydroxyl groups is 1. The summed E-state index contributed by atoms with van der Waals surface area (Å²) in [6.07, 6.45) is -3.51. The topological polar surface area (TPSA) is 58.6 Å².